The van der Waals surface area contributed by atoms with Gasteiger partial charge in [-0.2, -0.15) is 0 Å². The predicted octanol–water partition coefficient (Wildman–Crippen LogP) is 0.340. The molecule has 0 unspecified atom stereocenters. The molecule has 1 aliphatic carbocycles. The van der Waals surface area contributed by atoms with Crippen molar-refractivity contribution >= 4 is 5.84 Å². The van der Waals surface area contributed by atoms with E-state index in [0.29, 0.717) is 5.84 Å². The second-order valence-electron chi connectivity index (χ2n) is 4.86. The molecule has 0 spiro atoms. The SMILES string of the molecule is N=C(N)CCN1CCN(CC2CC2)CC1. The van der Waals surface area contributed by atoms with Crippen LogP contribution < -0.4 is 5.73 Å². The summed E-state index contributed by atoms with van der Waals surface area (Å²) in [5.74, 6) is 1.32. The molecular formula is C11H22N4. The molecule has 0 aromatic heterocycles. The van der Waals surface area contributed by atoms with Gasteiger partial charge in [-0.05, 0) is 18.8 Å². The average molecular weight is 210 g/mol. The average Bonchev–Trinajstić information content (AvgIpc) is 3.01. The van der Waals surface area contributed by atoms with Crippen LogP contribution in [0.1, 0.15) is 19.3 Å². The van der Waals surface area contributed by atoms with Crippen LogP contribution >= 0.6 is 0 Å². The highest BCUT2D eigenvalue weighted by atomic mass is 15.3. The van der Waals surface area contributed by atoms with Gasteiger partial charge < -0.3 is 15.5 Å². The molecule has 1 heterocycles. The van der Waals surface area contributed by atoms with Crippen LogP contribution in [0.3, 0.4) is 0 Å². The van der Waals surface area contributed by atoms with Gasteiger partial charge in [0.05, 0.1) is 5.84 Å². The molecule has 2 fully saturated rings. The minimum Gasteiger partial charge on any atom is -0.388 e. The van der Waals surface area contributed by atoms with Crippen molar-refractivity contribution in [1.29, 1.82) is 5.41 Å². The van der Waals surface area contributed by atoms with Crippen LogP contribution in [0.4, 0.5) is 0 Å². The first kappa shape index (κ1) is 10.9. The van der Waals surface area contributed by atoms with E-state index < -0.39 is 0 Å². The molecule has 0 atom stereocenters. The van der Waals surface area contributed by atoms with E-state index >= 15 is 0 Å². The Morgan fingerprint density at radius 2 is 1.73 bits per heavy atom. The Morgan fingerprint density at radius 1 is 1.13 bits per heavy atom. The van der Waals surface area contributed by atoms with E-state index in [1.807, 2.05) is 0 Å². The summed E-state index contributed by atoms with van der Waals surface area (Å²) in [5.41, 5.74) is 5.36. The first-order valence-electron chi connectivity index (χ1n) is 6.01. The molecule has 4 nitrogen and oxygen atoms in total. The first-order chi connectivity index (χ1) is 7.24. The fourth-order valence-electron chi connectivity index (χ4n) is 2.14. The lowest BCUT2D eigenvalue weighted by atomic mass is 10.2. The van der Waals surface area contributed by atoms with Gasteiger partial charge in [-0.15, -0.1) is 0 Å². The summed E-state index contributed by atoms with van der Waals surface area (Å²) in [7, 11) is 0. The lowest BCUT2D eigenvalue weighted by Crippen LogP contribution is -2.47. The zero-order chi connectivity index (χ0) is 10.7. The summed E-state index contributed by atoms with van der Waals surface area (Å²) in [5, 5.41) is 7.19. The summed E-state index contributed by atoms with van der Waals surface area (Å²) >= 11 is 0. The maximum Gasteiger partial charge on any atom is 0.0918 e. The third-order valence-corrected chi connectivity index (χ3v) is 3.38. The number of nitrogens with two attached hydrogens (primary N) is 1. The van der Waals surface area contributed by atoms with E-state index in [1.54, 1.807) is 0 Å². The minimum absolute atomic E-state index is 0.315. The van der Waals surface area contributed by atoms with Gasteiger partial charge in [0.25, 0.3) is 0 Å². The number of piperazine rings is 1. The Morgan fingerprint density at radius 3 is 2.27 bits per heavy atom. The molecule has 0 amide bonds. The van der Waals surface area contributed by atoms with E-state index in [9.17, 15) is 0 Å². The Labute approximate surface area is 91.9 Å². The zero-order valence-corrected chi connectivity index (χ0v) is 9.41. The van der Waals surface area contributed by atoms with E-state index in [1.165, 1.54) is 32.5 Å². The quantitative estimate of drug-likeness (QED) is 0.508. The first-order valence-corrected chi connectivity index (χ1v) is 6.01. The summed E-state index contributed by atoms with van der Waals surface area (Å²) in [4.78, 5) is 5.01. The molecule has 1 saturated heterocycles. The Balaban J connectivity index is 1.60. The molecule has 2 rings (SSSR count). The van der Waals surface area contributed by atoms with Crippen molar-refractivity contribution in [2.75, 3.05) is 39.3 Å². The summed E-state index contributed by atoms with van der Waals surface area (Å²) < 4.78 is 0. The number of hydrogen-bond donors (Lipinski definition) is 2. The van der Waals surface area contributed by atoms with Crippen molar-refractivity contribution in [1.82, 2.24) is 9.80 Å². The van der Waals surface area contributed by atoms with Gasteiger partial charge in [-0.1, -0.05) is 0 Å². The molecule has 86 valence electrons. The number of nitrogens with zero attached hydrogens (tertiary/aromatic N) is 2. The highest BCUT2D eigenvalue weighted by molar-refractivity contribution is 5.76. The van der Waals surface area contributed by atoms with Crippen LogP contribution in [-0.2, 0) is 0 Å². The third-order valence-electron chi connectivity index (χ3n) is 3.38. The molecule has 0 aromatic rings. The fourth-order valence-corrected chi connectivity index (χ4v) is 2.14. The summed E-state index contributed by atoms with van der Waals surface area (Å²) in [6.45, 7) is 7.00. The predicted molar refractivity (Wildman–Crippen MR) is 62.1 cm³/mol. The van der Waals surface area contributed by atoms with Crippen LogP contribution in [0.25, 0.3) is 0 Å². The molecule has 1 aliphatic heterocycles. The lowest BCUT2D eigenvalue weighted by molar-refractivity contribution is 0.131. The highest BCUT2D eigenvalue weighted by Gasteiger charge is 2.26. The Kier molecular flexibility index (Phi) is 3.59. The molecule has 1 saturated carbocycles. The van der Waals surface area contributed by atoms with E-state index in [0.717, 1.165) is 32.0 Å². The van der Waals surface area contributed by atoms with Crippen LogP contribution in [-0.4, -0.2) is 54.9 Å². The number of hydrogen-bond acceptors (Lipinski definition) is 3. The number of amidine groups is 1. The van der Waals surface area contributed by atoms with Gasteiger partial charge in [-0.25, -0.2) is 0 Å². The molecule has 3 N–H and O–H groups in total. The second-order valence-corrected chi connectivity index (χ2v) is 4.86. The second kappa shape index (κ2) is 4.94. The molecule has 4 heteroatoms. The monoisotopic (exact) mass is 210 g/mol. The minimum atomic E-state index is 0.315. The van der Waals surface area contributed by atoms with Gasteiger partial charge in [0.2, 0.25) is 0 Å². The molecule has 0 bridgehead atoms. The van der Waals surface area contributed by atoms with Crippen molar-refractivity contribution in [2.45, 2.75) is 19.3 Å². The topological polar surface area (TPSA) is 56.4 Å². The fraction of sp³-hybridized carbons (Fsp3) is 0.909. The summed E-state index contributed by atoms with van der Waals surface area (Å²) in [6, 6.07) is 0. The molecule has 15 heavy (non-hydrogen) atoms. The number of nitrogens with one attached hydrogen (secondary N) is 1. The van der Waals surface area contributed by atoms with Gasteiger partial charge in [0.15, 0.2) is 0 Å². The van der Waals surface area contributed by atoms with Crippen LogP contribution in [0.5, 0.6) is 0 Å². The normalized spacial score (nSPS) is 24.3. The summed E-state index contributed by atoms with van der Waals surface area (Å²) in [6.07, 6.45) is 3.62. The van der Waals surface area contributed by atoms with Crippen molar-refractivity contribution in [3.63, 3.8) is 0 Å². The van der Waals surface area contributed by atoms with Gasteiger partial charge in [0, 0.05) is 45.7 Å². The van der Waals surface area contributed by atoms with Crippen LogP contribution in [0, 0.1) is 11.3 Å². The van der Waals surface area contributed by atoms with Crippen molar-refractivity contribution in [3.8, 4) is 0 Å². The Hall–Kier alpha value is -0.610. The van der Waals surface area contributed by atoms with Gasteiger partial charge in [-0.3, -0.25) is 5.41 Å². The van der Waals surface area contributed by atoms with Gasteiger partial charge in [0.1, 0.15) is 0 Å². The van der Waals surface area contributed by atoms with Crippen molar-refractivity contribution in [3.05, 3.63) is 0 Å². The molecular weight excluding hydrogens is 188 g/mol. The van der Waals surface area contributed by atoms with Gasteiger partial charge >= 0.3 is 0 Å². The number of rotatable bonds is 5. The van der Waals surface area contributed by atoms with E-state index in [2.05, 4.69) is 9.80 Å². The maximum absolute atomic E-state index is 7.19. The van der Waals surface area contributed by atoms with Crippen LogP contribution in [0.2, 0.25) is 0 Å². The smallest absolute Gasteiger partial charge is 0.0918 e. The van der Waals surface area contributed by atoms with Crippen molar-refractivity contribution < 1.29 is 0 Å². The molecule has 2 aliphatic rings. The van der Waals surface area contributed by atoms with Crippen LogP contribution in [0.15, 0.2) is 0 Å². The Bertz CT molecular complexity index is 217. The lowest BCUT2D eigenvalue weighted by Gasteiger charge is -2.34. The molecule has 0 radical (unpaired) electrons. The molecule has 0 aromatic carbocycles. The van der Waals surface area contributed by atoms with E-state index in [4.69, 9.17) is 11.1 Å². The maximum atomic E-state index is 7.19. The highest BCUT2D eigenvalue weighted by Crippen LogP contribution is 2.29. The van der Waals surface area contributed by atoms with E-state index in [-0.39, 0.29) is 0 Å². The third kappa shape index (κ3) is 3.80. The zero-order valence-electron chi connectivity index (χ0n) is 9.41. The largest absolute Gasteiger partial charge is 0.388 e. The standard InChI is InChI=1S/C11H22N4/c12-11(13)3-4-14-5-7-15(8-6-14)9-10-1-2-10/h10H,1-9H2,(H3,12,13). The van der Waals surface area contributed by atoms with Crippen molar-refractivity contribution in [2.24, 2.45) is 11.7 Å².